The molecule has 1 saturated heterocycles. The largest absolute Gasteiger partial charge is 0.497 e. The first-order valence-electron chi connectivity index (χ1n) is 8.67. The average Bonchev–Trinajstić information content (AvgIpc) is 2.72. The molecule has 3 N–H and O–H groups in total. The summed E-state index contributed by atoms with van der Waals surface area (Å²) in [6.45, 7) is 0. The zero-order valence-corrected chi connectivity index (χ0v) is 16.3. The molecule has 1 heterocycles. The summed E-state index contributed by atoms with van der Waals surface area (Å²) in [6.07, 6.45) is -5.21. The molecule has 0 amide bonds. The highest BCUT2D eigenvalue weighted by molar-refractivity contribution is 7.80. The van der Waals surface area contributed by atoms with E-state index in [4.69, 9.17) is 22.2 Å². The van der Waals surface area contributed by atoms with Crippen molar-refractivity contribution in [2.24, 2.45) is 5.92 Å². The number of ether oxygens (including phenoxy) is 1. The molecule has 156 valence electrons. The molecule has 3 atom stereocenters. The molecule has 2 aromatic rings. The molecule has 0 radical (unpaired) electrons. The van der Waals surface area contributed by atoms with Gasteiger partial charge in [0.25, 0.3) is 0 Å². The van der Waals surface area contributed by atoms with Gasteiger partial charge in [0.15, 0.2) is 10.9 Å². The van der Waals surface area contributed by atoms with Gasteiger partial charge in [0.1, 0.15) is 11.7 Å². The predicted molar refractivity (Wildman–Crippen MR) is 105 cm³/mol. The molecular formula is C20H16F3N3O3S. The van der Waals surface area contributed by atoms with E-state index in [1.807, 2.05) is 11.4 Å². The number of hydrogen-bond donors (Lipinski definition) is 3. The summed E-state index contributed by atoms with van der Waals surface area (Å²) in [5, 5.41) is 23.6. The van der Waals surface area contributed by atoms with Crippen LogP contribution in [0.25, 0.3) is 0 Å². The molecule has 0 spiro atoms. The number of halogens is 3. The second-order valence-corrected chi connectivity index (χ2v) is 7.05. The molecule has 1 aliphatic heterocycles. The van der Waals surface area contributed by atoms with Crippen molar-refractivity contribution in [1.82, 2.24) is 10.6 Å². The smallest absolute Gasteiger partial charge is 0.437 e. The Morgan fingerprint density at radius 1 is 1.20 bits per heavy atom. The molecule has 3 rings (SSSR count). The van der Waals surface area contributed by atoms with Gasteiger partial charge in [-0.05, 0) is 54.2 Å². The summed E-state index contributed by atoms with van der Waals surface area (Å²) in [5.41, 5.74) is -3.10. The number of nitriles is 1. The first-order valence-corrected chi connectivity index (χ1v) is 9.07. The van der Waals surface area contributed by atoms with E-state index in [0.29, 0.717) is 11.3 Å². The highest BCUT2D eigenvalue weighted by Gasteiger charge is 2.65. The minimum Gasteiger partial charge on any atom is -0.497 e. The molecule has 10 heteroatoms. The normalized spacial score (nSPS) is 23.7. The SMILES string of the molecule is COc1ccc(C(=O)C2C(c3ccc(C#N)cc3)NC(=S)NC2(O)C(F)(F)F)cc1. The molecule has 6 nitrogen and oxygen atoms in total. The lowest BCUT2D eigenvalue weighted by molar-refractivity contribution is -0.285. The van der Waals surface area contributed by atoms with E-state index in [9.17, 15) is 23.1 Å². The van der Waals surface area contributed by atoms with E-state index in [0.717, 1.165) is 0 Å². The Balaban J connectivity index is 2.13. The molecule has 1 fully saturated rings. The van der Waals surface area contributed by atoms with E-state index in [1.165, 1.54) is 55.6 Å². The van der Waals surface area contributed by atoms with Gasteiger partial charge in [0.2, 0.25) is 5.72 Å². The van der Waals surface area contributed by atoms with Gasteiger partial charge in [-0.1, -0.05) is 12.1 Å². The number of ketones is 1. The van der Waals surface area contributed by atoms with Crippen molar-refractivity contribution < 1.29 is 27.8 Å². The number of methoxy groups -OCH3 is 1. The van der Waals surface area contributed by atoms with Gasteiger partial charge in [-0.2, -0.15) is 18.4 Å². The Morgan fingerprint density at radius 3 is 2.30 bits per heavy atom. The second kappa shape index (κ2) is 7.93. The highest BCUT2D eigenvalue weighted by atomic mass is 32.1. The monoisotopic (exact) mass is 435 g/mol. The Bertz CT molecular complexity index is 1000. The lowest BCUT2D eigenvalue weighted by atomic mass is 9.77. The van der Waals surface area contributed by atoms with Crippen molar-refractivity contribution in [2.75, 3.05) is 7.11 Å². The number of Topliss-reactive ketones (excluding diaryl/α,β-unsaturated/α-hetero) is 1. The molecular weight excluding hydrogens is 419 g/mol. The molecule has 0 saturated carbocycles. The van der Waals surface area contributed by atoms with Crippen molar-refractivity contribution in [3.8, 4) is 11.8 Å². The van der Waals surface area contributed by atoms with Gasteiger partial charge in [0, 0.05) is 5.56 Å². The summed E-state index contributed by atoms with van der Waals surface area (Å²) >= 11 is 4.88. The van der Waals surface area contributed by atoms with E-state index < -0.39 is 34.8 Å². The van der Waals surface area contributed by atoms with Crippen LogP contribution in [0, 0.1) is 17.2 Å². The fourth-order valence-electron chi connectivity index (χ4n) is 3.32. The third kappa shape index (κ3) is 3.81. The van der Waals surface area contributed by atoms with Crippen molar-refractivity contribution in [2.45, 2.75) is 17.9 Å². The summed E-state index contributed by atoms with van der Waals surface area (Å²) in [5.74, 6) is -2.54. The number of carbonyl (C=O) groups excluding carboxylic acids is 1. The molecule has 1 aliphatic rings. The third-order valence-electron chi connectivity index (χ3n) is 4.86. The fraction of sp³-hybridized carbons (Fsp3) is 0.250. The van der Waals surface area contributed by atoms with E-state index in [1.54, 1.807) is 0 Å². The number of nitrogens with one attached hydrogen (secondary N) is 2. The summed E-state index contributed by atoms with van der Waals surface area (Å²) < 4.78 is 46.8. The van der Waals surface area contributed by atoms with Crippen LogP contribution in [0.4, 0.5) is 13.2 Å². The Labute approximate surface area is 175 Å². The van der Waals surface area contributed by atoms with Crippen LogP contribution in [0.3, 0.4) is 0 Å². The average molecular weight is 435 g/mol. The maximum absolute atomic E-state index is 13.9. The summed E-state index contributed by atoms with van der Waals surface area (Å²) in [7, 11) is 1.41. The standard InChI is InChI=1S/C20H16F3N3O3S/c1-29-14-8-6-13(7-9-14)17(27)15-16(12-4-2-11(10-24)3-5-12)25-18(30)26-19(15,28)20(21,22)23/h2-9,15-16,28H,1H3,(H2,25,26,30). The number of rotatable bonds is 4. The van der Waals surface area contributed by atoms with Crippen molar-refractivity contribution >= 4 is 23.1 Å². The Kier molecular flexibility index (Phi) is 5.70. The molecule has 3 unspecified atom stereocenters. The Morgan fingerprint density at radius 2 is 1.80 bits per heavy atom. The lowest BCUT2D eigenvalue weighted by Crippen LogP contribution is -2.72. The first-order chi connectivity index (χ1) is 14.1. The lowest BCUT2D eigenvalue weighted by Gasteiger charge is -2.46. The van der Waals surface area contributed by atoms with Gasteiger partial charge < -0.3 is 20.5 Å². The number of hydrogen-bond acceptors (Lipinski definition) is 5. The van der Waals surface area contributed by atoms with Crippen LogP contribution < -0.4 is 15.4 Å². The third-order valence-corrected chi connectivity index (χ3v) is 5.08. The second-order valence-electron chi connectivity index (χ2n) is 6.64. The number of thiocarbonyl (C=S) groups is 1. The van der Waals surface area contributed by atoms with Crippen molar-refractivity contribution in [3.05, 3.63) is 65.2 Å². The topological polar surface area (TPSA) is 94.4 Å². The molecule has 30 heavy (non-hydrogen) atoms. The number of benzene rings is 2. The zero-order chi connectivity index (χ0) is 22.1. The fourth-order valence-corrected chi connectivity index (χ4v) is 3.60. The van der Waals surface area contributed by atoms with Gasteiger partial charge in [0.05, 0.1) is 24.8 Å². The Hall–Kier alpha value is -3.16. The molecule has 0 aromatic heterocycles. The maximum Gasteiger partial charge on any atom is 0.437 e. The zero-order valence-electron chi connectivity index (χ0n) is 15.5. The first kappa shape index (κ1) is 21.5. The van der Waals surface area contributed by atoms with Crippen LogP contribution in [-0.4, -0.2) is 35.0 Å². The van der Waals surface area contributed by atoms with Crippen LogP contribution in [0.5, 0.6) is 5.75 Å². The van der Waals surface area contributed by atoms with Crippen LogP contribution in [0.15, 0.2) is 48.5 Å². The maximum atomic E-state index is 13.9. The van der Waals surface area contributed by atoms with Crippen LogP contribution in [0.2, 0.25) is 0 Å². The summed E-state index contributed by atoms with van der Waals surface area (Å²) in [4.78, 5) is 13.2. The van der Waals surface area contributed by atoms with Crippen LogP contribution in [0.1, 0.15) is 27.5 Å². The summed E-state index contributed by atoms with van der Waals surface area (Å²) in [6, 6.07) is 11.8. The van der Waals surface area contributed by atoms with E-state index >= 15 is 0 Å². The van der Waals surface area contributed by atoms with Crippen LogP contribution >= 0.6 is 12.2 Å². The molecule has 0 bridgehead atoms. The van der Waals surface area contributed by atoms with Gasteiger partial charge in [-0.3, -0.25) is 4.79 Å². The van der Waals surface area contributed by atoms with Gasteiger partial charge in [-0.25, -0.2) is 0 Å². The van der Waals surface area contributed by atoms with E-state index in [-0.39, 0.29) is 11.1 Å². The molecule has 0 aliphatic carbocycles. The van der Waals surface area contributed by atoms with Gasteiger partial charge in [-0.15, -0.1) is 0 Å². The quantitative estimate of drug-likeness (QED) is 0.502. The number of alkyl halides is 3. The molecule has 2 aromatic carbocycles. The highest BCUT2D eigenvalue weighted by Crippen LogP contribution is 2.44. The van der Waals surface area contributed by atoms with Gasteiger partial charge >= 0.3 is 6.18 Å². The minimum absolute atomic E-state index is 0.0430. The predicted octanol–water partition coefficient (Wildman–Crippen LogP) is 2.84. The van der Waals surface area contributed by atoms with Crippen LogP contribution in [-0.2, 0) is 0 Å². The van der Waals surface area contributed by atoms with E-state index in [2.05, 4.69) is 5.32 Å². The van der Waals surface area contributed by atoms with Crippen molar-refractivity contribution in [1.29, 1.82) is 5.26 Å². The minimum atomic E-state index is -5.21. The number of aliphatic hydroxyl groups is 1. The number of carbonyl (C=O) groups is 1. The van der Waals surface area contributed by atoms with Crippen molar-refractivity contribution in [3.63, 3.8) is 0 Å². The number of nitrogens with zero attached hydrogens (tertiary/aromatic N) is 1.